The number of hydrogen-bond acceptors (Lipinski definition) is 1. The monoisotopic (exact) mass is 481 g/mol. The van der Waals surface area contributed by atoms with Gasteiger partial charge in [0.15, 0.2) is 0 Å². The van der Waals surface area contributed by atoms with E-state index < -0.39 is 0 Å². The minimum Gasteiger partial charge on any atom is -0.310 e. The molecule has 5 heteroatoms. The fourth-order valence-electron chi connectivity index (χ4n) is 2.25. The molecule has 2 aromatic rings. The van der Waals surface area contributed by atoms with Crippen LogP contribution in [0.25, 0.3) is 0 Å². The van der Waals surface area contributed by atoms with Gasteiger partial charge in [-0.3, -0.25) is 0 Å². The number of benzene rings is 2. The van der Waals surface area contributed by atoms with Crippen molar-refractivity contribution in [3.05, 3.63) is 66.4 Å². The van der Waals surface area contributed by atoms with Crippen molar-refractivity contribution in [3.63, 3.8) is 0 Å². The Morgan fingerprint density at radius 3 is 2.76 bits per heavy atom. The summed E-state index contributed by atoms with van der Waals surface area (Å²) in [5.41, 5.74) is 1.70. The molecule has 2 rings (SSSR count). The van der Waals surface area contributed by atoms with Crippen LogP contribution in [-0.2, 0) is 6.42 Å². The third kappa shape index (κ3) is 4.41. The van der Waals surface area contributed by atoms with E-state index >= 15 is 0 Å². The van der Waals surface area contributed by atoms with Gasteiger partial charge in [-0.25, -0.2) is 4.39 Å². The van der Waals surface area contributed by atoms with Crippen molar-refractivity contribution in [1.82, 2.24) is 5.32 Å². The van der Waals surface area contributed by atoms with Gasteiger partial charge >= 0.3 is 0 Å². The molecule has 0 fully saturated rings. The van der Waals surface area contributed by atoms with E-state index in [1.165, 1.54) is 6.07 Å². The van der Waals surface area contributed by atoms with Gasteiger partial charge in [-0.15, -0.1) is 0 Å². The van der Waals surface area contributed by atoms with Crippen LogP contribution in [0.2, 0.25) is 5.02 Å². The second-order valence-electron chi connectivity index (χ2n) is 4.68. The molecule has 0 aliphatic heterocycles. The highest BCUT2D eigenvalue weighted by Gasteiger charge is 2.18. The topological polar surface area (TPSA) is 12.0 Å². The minimum absolute atomic E-state index is 0.0220. The van der Waals surface area contributed by atoms with Crippen LogP contribution in [0.15, 0.2) is 40.9 Å². The third-order valence-corrected chi connectivity index (χ3v) is 5.08. The summed E-state index contributed by atoms with van der Waals surface area (Å²) in [5.74, 6) is -0.254. The first kappa shape index (κ1) is 17.2. The molecule has 0 aliphatic carbocycles. The maximum atomic E-state index is 14.0. The highest BCUT2D eigenvalue weighted by molar-refractivity contribution is 14.1. The summed E-state index contributed by atoms with van der Waals surface area (Å²) in [6, 6.07) is 11.0. The summed E-state index contributed by atoms with van der Waals surface area (Å²) in [6.45, 7) is 2.85. The van der Waals surface area contributed by atoms with Crippen LogP contribution in [0, 0.1) is 9.39 Å². The van der Waals surface area contributed by atoms with Gasteiger partial charge < -0.3 is 5.32 Å². The van der Waals surface area contributed by atoms with E-state index in [9.17, 15) is 4.39 Å². The molecular weight excluding hydrogens is 467 g/mol. The van der Waals surface area contributed by atoms with E-state index in [1.54, 1.807) is 12.1 Å². The Labute approximate surface area is 151 Å². The number of rotatable bonds is 5. The molecule has 0 radical (unpaired) electrons. The zero-order valence-electron chi connectivity index (χ0n) is 11.5. The van der Waals surface area contributed by atoms with Gasteiger partial charge in [-0.2, -0.15) is 0 Å². The van der Waals surface area contributed by atoms with Crippen LogP contribution in [-0.4, -0.2) is 6.54 Å². The molecule has 0 aromatic heterocycles. The first-order chi connectivity index (χ1) is 10.0. The molecule has 1 atom stereocenters. The Balaban J connectivity index is 2.38. The number of halogens is 4. The zero-order valence-corrected chi connectivity index (χ0v) is 16.0. The predicted molar refractivity (Wildman–Crippen MR) is 98.4 cm³/mol. The average molecular weight is 483 g/mol. The normalized spacial score (nSPS) is 12.4. The number of likely N-dealkylation sites (N-methyl/N-ethyl adjacent to an activating group) is 1. The van der Waals surface area contributed by atoms with Crippen molar-refractivity contribution in [3.8, 4) is 0 Å². The highest BCUT2D eigenvalue weighted by Crippen LogP contribution is 2.29. The average Bonchev–Trinajstić information content (AvgIpc) is 2.44. The lowest BCUT2D eigenvalue weighted by Crippen LogP contribution is -2.24. The standard InChI is InChI=1S/C16H15BrClFIN/c1-2-21-16(12-8-10(17)6-7-15(12)20)9-11-13(18)4-3-5-14(11)19/h3-8,16,21H,2,9H2,1H3. The summed E-state index contributed by atoms with van der Waals surface area (Å²) in [4.78, 5) is 0. The molecule has 112 valence electrons. The Morgan fingerprint density at radius 1 is 1.33 bits per heavy atom. The Bertz CT molecular complexity index is 615. The number of hydrogen-bond donors (Lipinski definition) is 1. The van der Waals surface area contributed by atoms with E-state index in [0.29, 0.717) is 17.0 Å². The molecule has 0 saturated heterocycles. The van der Waals surface area contributed by atoms with Crippen LogP contribution in [0.5, 0.6) is 0 Å². The van der Waals surface area contributed by atoms with Gasteiger partial charge in [0.05, 0.1) is 0 Å². The summed E-state index contributed by atoms with van der Waals surface area (Å²) >= 11 is 12.0. The second-order valence-corrected chi connectivity index (χ2v) is 7.17. The van der Waals surface area contributed by atoms with Crippen molar-refractivity contribution < 1.29 is 4.39 Å². The fraction of sp³-hybridized carbons (Fsp3) is 0.250. The highest BCUT2D eigenvalue weighted by atomic mass is 127. The minimum atomic E-state index is -0.254. The molecule has 2 aromatic carbocycles. The van der Waals surface area contributed by atoms with Gasteiger partial charge in [0.25, 0.3) is 0 Å². The van der Waals surface area contributed by atoms with E-state index in [1.807, 2.05) is 19.1 Å². The van der Waals surface area contributed by atoms with Gasteiger partial charge in [0.2, 0.25) is 0 Å². The molecule has 0 saturated carbocycles. The maximum Gasteiger partial charge on any atom is 0.127 e. The van der Waals surface area contributed by atoms with Crippen molar-refractivity contribution in [2.75, 3.05) is 6.54 Å². The van der Waals surface area contributed by atoms with Gasteiger partial charge in [-0.05, 0) is 71.5 Å². The van der Waals surface area contributed by atoms with E-state index in [2.05, 4.69) is 49.9 Å². The van der Waals surface area contributed by atoms with Crippen LogP contribution >= 0.6 is 50.1 Å². The molecule has 0 aliphatic rings. The third-order valence-electron chi connectivity index (χ3n) is 3.25. The van der Waals surface area contributed by atoms with Gasteiger partial charge in [0, 0.05) is 24.7 Å². The largest absolute Gasteiger partial charge is 0.310 e. The molecule has 1 N–H and O–H groups in total. The Kier molecular flexibility index (Phi) is 6.47. The summed E-state index contributed by atoms with van der Waals surface area (Å²) < 4.78 is 16.2. The van der Waals surface area contributed by atoms with Gasteiger partial charge in [0.1, 0.15) is 5.82 Å². The Morgan fingerprint density at radius 2 is 2.10 bits per heavy atom. The smallest absolute Gasteiger partial charge is 0.127 e. The quantitative estimate of drug-likeness (QED) is 0.536. The lowest BCUT2D eigenvalue weighted by molar-refractivity contribution is 0.526. The van der Waals surface area contributed by atoms with E-state index in [-0.39, 0.29) is 11.9 Å². The van der Waals surface area contributed by atoms with Crippen LogP contribution < -0.4 is 5.32 Å². The van der Waals surface area contributed by atoms with Gasteiger partial charge in [-0.1, -0.05) is 40.5 Å². The fourth-order valence-corrected chi connectivity index (χ4v) is 3.58. The van der Waals surface area contributed by atoms with Crippen LogP contribution in [0.1, 0.15) is 24.1 Å². The Hall–Kier alpha value is -0.170. The molecule has 0 heterocycles. The second kappa shape index (κ2) is 7.90. The molecule has 21 heavy (non-hydrogen) atoms. The molecule has 1 nitrogen and oxygen atoms in total. The molecular formula is C16H15BrClFIN. The first-order valence-electron chi connectivity index (χ1n) is 6.64. The SMILES string of the molecule is CCNC(Cc1c(F)cccc1Cl)c1cc(Br)ccc1I. The summed E-state index contributed by atoms with van der Waals surface area (Å²) in [6.07, 6.45) is 0.520. The van der Waals surface area contributed by atoms with Crippen molar-refractivity contribution in [2.24, 2.45) is 0 Å². The first-order valence-corrected chi connectivity index (χ1v) is 8.89. The molecule has 0 amide bonds. The predicted octanol–water partition coefficient (Wildman–Crippen LogP) is 5.74. The van der Waals surface area contributed by atoms with E-state index in [4.69, 9.17) is 11.6 Å². The summed E-state index contributed by atoms with van der Waals surface area (Å²) in [5, 5.41) is 3.89. The molecule has 1 unspecified atom stereocenters. The van der Waals surface area contributed by atoms with E-state index in [0.717, 1.165) is 20.2 Å². The lowest BCUT2D eigenvalue weighted by Gasteiger charge is -2.21. The van der Waals surface area contributed by atoms with Crippen molar-refractivity contribution >= 4 is 50.1 Å². The summed E-state index contributed by atoms with van der Waals surface area (Å²) in [7, 11) is 0. The molecule has 0 bridgehead atoms. The van der Waals surface area contributed by atoms with Crippen molar-refractivity contribution in [1.29, 1.82) is 0 Å². The number of nitrogens with one attached hydrogen (secondary N) is 1. The maximum absolute atomic E-state index is 14.0. The van der Waals surface area contributed by atoms with Crippen molar-refractivity contribution in [2.45, 2.75) is 19.4 Å². The van der Waals surface area contributed by atoms with Crippen LogP contribution in [0.3, 0.4) is 0 Å². The zero-order chi connectivity index (χ0) is 15.4. The lowest BCUT2D eigenvalue weighted by atomic mass is 9.98. The molecule has 0 spiro atoms. The van der Waals surface area contributed by atoms with Crippen LogP contribution in [0.4, 0.5) is 4.39 Å².